The van der Waals surface area contributed by atoms with Crippen molar-refractivity contribution in [3.63, 3.8) is 0 Å². The molecule has 0 saturated carbocycles. The average Bonchev–Trinajstić information content (AvgIpc) is 2.20. The average molecular weight is 213 g/mol. The highest BCUT2D eigenvalue weighted by Crippen LogP contribution is 2.16. The van der Waals surface area contributed by atoms with Crippen molar-refractivity contribution in [3.05, 3.63) is 29.6 Å². The van der Waals surface area contributed by atoms with Crippen molar-refractivity contribution in [1.82, 2.24) is 0 Å². The predicted molar refractivity (Wildman–Crippen MR) is 56.3 cm³/mol. The minimum Gasteiger partial charge on any atom is -0.492 e. The Balaban J connectivity index is 2.62. The molecule has 3 nitrogen and oxygen atoms in total. The van der Waals surface area contributed by atoms with Gasteiger partial charge in [-0.3, -0.25) is 0 Å². The number of nitrogens with two attached hydrogens (primary N) is 1. The maximum atomic E-state index is 12.9. The number of aliphatic hydroxyl groups excluding tert-OH is 1. The molecule has 0 amide bonds. The van der Waals surface area contributed by atoms with E-state index in [0.29, 0.717) is 11.3 Å². The maximum absolute atomic E-state index is 12.9. The first kappa shape index (κ1) is 11.9. The van der Waals surface area contributed by atoms with E-state index in [4.69, 9.17) is 15.6 Å². The number of aryl methyl sites for hydroxylation is 1. The van der Waals surface area contributed by atoms with Crippen LogP contribution in [0.15, 0.2) is 18.2 Å². The molecule has 0 fully saturated rings. The molecule has 4 heteroatoms. The molecule has 0 spiro atoms. The zero-order valence-corrected chi connectivity index (χ0v) is 8.96. The highest BCUT2D eigenvalue weighted by atomic mass is 19.1. The van der Waals surface area contributed by atoms with E-state index in [1.165, 1.54) is 12.1 Å². The molecule has 0 bridgehead atoms. The molecule has 0 aromatic heterocycles. The molecule has 15 heavy (non-hydrogen) atoms. The van der Waals surface area contributed by atoms with Crippen LogP contribution in [-0.4, -0.2) is 23.9 Å². The van der Waals surface area contributed by atoms with Gasteiger partial charge in [0.15, 0.2) is 0 Å². The van der Waals surface area contributed by atoms with Crippen LogP contribution in [-0.2, 0) is 0 Å². The zero-order valence-electron chi connectivity index (χ0n) is 8.96. The van der Waals surface area contributed by atoms with Crippen molar-refractivity contribution < 1.29 is 14.2 Å². The fourth-order valence-corrected chi connectivity index (χ4v) is 1.00. The van der Waals surface area contributed by atoms with Gasteiger partial charge in [-0.25, -0.2) is 4.39 Å². The van der Waals surface area contributed by atoms with Crippen molar-refractivity contribution in [1.29, 1.82) is 0 Å². The molecule has 0 aliphatic carbocycles. The SMILES string of the molecule is Cc1cc(OCC(C)(N)CO)ccc1F. The number of hydrogen-bond donors (Lipinski definition) is 2. The second-order valence-electron chi connectivity index (χ2n) is 4.01. The molecule has 0 aliphatic heterocycles. The molecule has 1 atom stereocenters. The lowest BCUT2D eigenvalue weighted by atomic mass is 10.1. The summed E-state index contributed by atoms with van der Waals surface area (Å²) in [6.07, 6.45) is 0. The Morgan fingerprint density at radius 3 is 2.73 bits per heavy atom. The van der Waals surface area contributed by atoms with Gasteiger partial charge in [-0.05, 0) is 37.6 Å². The van der Waals surface area contributed by atoms with Crippen LogP contribution in [0.2, 0.25) is 0 Å². The third kappa shape index (κ3) is 3.49. The summed E-state index contributed by atoms with van der Waals surface area (Å²) in [5.41, 5.74) is 5.43. The lowest BCUT2D eigenvalue weighted by Crippen LogP contribution is -2.45. The van der Waals surface area contributed by atoms with E-state index in [2.05, 4.69) is 0 Å². The Hall–Kier alpha value is -1.13. The van der Waals surface area contributed by atoms with E-state index < -0.39 is 5.54 Å². The molecule has 1 aromatic rings. The van der Waals surface area contributed by atoms with E-state index in [9.17, 15) is 4.39 Å². The molecule has 0 heterocycles. The van der Waals surface area contributed by atoms with Crippen LogP contribution < -0.4 is 10.5 Å². The summed E-state index contributed by atoms with van der Waals surface area (Å²) in [5, 5.41) is 8.91. The standard InChI is InChI=1S/C11H16FNO2/c1-8-5-9(3-4-10(8)12)15-7-11(2,13)6-14/h3-5,14H,6-7,13H2,1-2H3. The normalized spacial score (nSPS) is 14.7. The number of halogens is 1. The van der Waals surface area contributed by atoms with Crippen molar-refractivity contribution in [2.45, 2.75) is 19.4 Å². The molecule has 0 radical (unpaired) electrons. The lowest BCUT2D eigenvalue weighted by molar-refractivity contribution is 0.146. The van der Waals surface area contributed by atoms with E-state index in [1.54, 1.807) is 19.9 Å². The second kappa shape index (κ2) is 4.59. The van der Waals surface area contributed by atoms with Gasteiger partial charge in [-0.15, -0.1) is 0 Å². The lowest BCUT2D eigenvalue weighted by Gasteiger charge is -2.21. The van der Waals surface area contributed by atoms with Crippen molar-refractivity contribution >= 4 is 0 Å². The summed E-state index contributed by atoms with van der Waals surface area (Å²) in [5.74, 6) is 0.291. The van der Waals surface area contributed by atoms with Gasteiger partial charge in [0.25, 0.3) is 0 Å². The first-order chi connectivity index (χ1) is 6.94. The van der Waals surface area contributed by atoms with Crippen LogP contribution in [0.3, 0.4) is 0 Å². The molecule has 0 saturated heterocycles. The van der Waals surface area contributed by atoms with E-state index in [0.717, 1.165) is 0 Å². The molecule has 0 aliphatic rings. The Labute approximate surface area is 88.7 Å². The predicted octanol–water partition coefficient (Wildman–Crippen LogP) is 1.22. The second-order valence-corrected chi connectivity index (χ2v) is 4.01. The van der Waals surface area contributed by atoms with Crippen LogP contribution >= 0.6 is 0 Å². The number of hydrogen-bond acceptors (Lipinski definition) is 3. The fourth-order valence-electron chi connectivity index (χ4n) is 1.00. The van der Waals surface area contributed by atoms with Crippen molar-refractivity contribution in [2.75, 3.05) is 13.2 Å². The molecular weight excluding hydrogens is 197 g/mol. The summed E-state index contributed by atoms with van der Waals surface area (Å²) in [6, 6.07) is 4.48. The van der Waals surface area contributed by atoms with Gasteiger partial charge in [0.2, 0.25) is 0 Å². The number of aliphatic hydroxyl groups is 1. The van der Waals surface area contributed by atoms with Crippen molar-refractivity contribution in [2.24, 2.45) is 5.73 Å². The van der Waals surface area contributed by atoms with Crippen molar-refractivity contribution in [3.8, 4) is 5.75 Å². The Morgan fingerprint density at radius 2 is 2.20 bits per heavy atom. The highest BCUT2D eigenvalue weighted by Gasteiger charge is 2.17. The van der Waals surface area contributed by atoms with Crippen LogP contribution in [0.5, 0.6) is 5.75 Å². The highest BCUT2D eigenvalue weighted by molar-refractivity contribution is 5.28. The summed E-state index contributed by atoms with van der Waals surface area (Å²) in [4.78, 5) is 0. The molecule has 84 valence electrons. The van der Waals surface area contributed by atoms with E-state index >= 15 is 0 Å². The van der Waals surface area contributed by atoms with Gasteiger partial charge in [-0.2, -0.15) is 0 Å². The Bertz CT molecular complexity index is 339. The molecule has 1 aromatic carbocycles. The summed E-state index contributed by atoms with van der Waals surface area (Å²) >= 11 is 0. The van der Waals surface area contributed by atoms with Gasteiger partial charge < -0.3 is 15.6 Å². The number of ether oxygens (including phenoxy) is 1. The number of benzene rings is 1. The largest absolute Gasteiger partial charge is 0.492 e. The van der Waals surface area contributed by atoms with Gasteiger partial charge in [-0.1, -0.05) is 0 Å². The van der Waals surface area contributed by atoms with E-state index in [-0.39, 0.29) is 19.0 Å². The van der Waals surface area contributed by atoms with E-state index in [1.807, 2.05) is 0 Å². The molecule has 1 rings (SSSR count). The monoisotopic (exact) mass is 213 g/mol. The van der Waals surface area contributed by atoms with Crippen LogP contribution in [0.1, 0.15) is 12.5 Å². The van der Waals surface area contributed by atoms with Gasteiger partial charge in [0.05, 0.1) is 12.1 Å². The van der Waals surface area contributed by atoms with Gasteiger partial charge in [0.1, 0.15) is 18.2 Å². The number of rotatable bonds is 4. The minimum atomic E-state index is -0.776. The third-order valence-electron chi connectivity index (χ3n) is 2.06. The summed E-state index contributed by atoms with van der Waals surface area (Å²) in [6.45, 7) is 3.38. The van der Waals surface area contributed by atoms with Crippen LogP contribution in [0.25, 0.3) is 0 Å². The zero-order chi connectivity index (χ0) is 11.5. The topological polar surface area (TPSA) is 55.5 Å². The summed E-state index contributed by atoms with van der Waals surface area (Å²) < 4.78 is 18.3. The van der Waals surface area contributed by atoms with Gasteiger partial charge >= 0.3 is 0 Å². The quantitative estimate of drug-likeness (QED) is 0.790. The maximum Gasteiger partial charge on any atom is 0.126 e. The Morgan fingerprint density at radius 1 is 1.53 bits per heavy atom. The smallest absolute Gasteiger partial charge is 0.126 e. The minimum absolute atomic E-state index is 0.160. The molecular formula is C11H16FNO2. The molecule has 1 unspecified atom stereocenters. The summed E-state index contributed by atoms with van der Waals surface area (Å²) in [7, 11) is 0. The first-order valence-electron chi connectivity index (χ1n) is 4.73. The fraction of sp³-hybridized carbons (Fsp3) is 0.455. The first-order valence-corrected chi connectivity index (χ1v) is 4.73. The Kier molecular flexibility index (Phi) is 3.66. The van der Waals surface area contributed by atoms with Gasteiger partial charge in [0, 0.05) is 0 Å². The molecule has 3 N–H and O–H groups in total. The van der Waals surface area contributed by atoms with Crippen LogP contribution in [0, 0.1) is 12.7 Å². The third-order valence-corrected chi connectivity index (χ3v) is 2.06. The van der Waals surface area contributed by atoms with Crippen LogP contribution in [0.4, 0.5) is 4.39 Å².